The zero-order chi connectivity index (χ0) is 19.7. The van der Waals surface area contributed by atoms with Crippen molar-refractivity contribution < 1.29 is 14.0 Å². The van der Waals surface area contributed by atoms with Gasteiger partial charge in [-0.05, 0) is 49.9 Å². The van der Waals surface area contributed by atoms with Crippen molar-refractivity contribution in [3.8, 4) is 10.6 Å². The van der Waals surface area contributed by atoms with Crippen LogP contribution in [0.2, 0.25) is 0 Å². The molecule has 26 heavy (non-hydrogen) atoms. The van der Waals surface area contributed by atoms with Gasteiger partial charge in [-0.2, -0.15) is 0 Å². The monoisotopic (exact) mass is 378 g/mol. The fourth-order valence-electron chi connectivity index (χ4n) is 2.28. The highest BCUT2D eigenvalue weighted by Gasteiger charge is 2.09. The van der Waals surface area contributed by atoms with Crippen LogP contribution in [0.3, 0.4) is 0 Å². The molecule has 6 heteroatoms. The van der Waals surface area contributed by atoms with Crippen molar-refractivity contribution in [1.29, 1.82) is 0 Å². The van der Waals surface area contributed by atoms with Crippen LogP contribution >= 0.6 is 11.3 Å². The molecule has 0 bridgehead atoms. The molecule has 0 spiro atoms. The summed E-state index contributed by atoms with van der Waals surface area (Å²) in [5.74, 6) is 0.283. The van der Waals surface area contributed by atoms with E-state index >= 15 is 0 Å². The average molecular weight is 379 g/mol. The number of carbonyl (C=O) groups excluding carboxylic acids is 2. The summed E-state index contributed by atoms with van der Waals surface area (Å²) in [4.78, 5) is 25.8. The second-order valence-corrected chi connectivity index (χ2v) is 7.55. The van der Waals surface area contributed by atoms with Gasteiger partial charge in [0.1, 0.15) is 21.5 Å². The van der Waals surface area contributed by atoms with Gasteiger partial charge in [-0.1, -0.05) is 26.7 Å². The number of ketones is 1. The minimum Gasteiger partial charge on any atom is -0.365 e. The van der Waals surface area contributed by atoms with Gasteiger partial charge in [0.25, 0.3) is 5.91 Å². The number of carbonyl (C=O) groups is 2. The van der Waals surface area contributed by atoms with Crippen molar-refractivity contribution in [2.75, 3.05) is 0 Å². The lowest BCUT2D eigenvalue weighted by molar-refractivity contribution is -0.117. The number of hydrogen-bond donors (Lipinski definition) is 1. The number of aromatic nitrogens is 1. The average Bonchev–Trinajstić information content (AvgIpc) is 3.04. The van der Waals surface area contributed by atoms with Crippen LogP contribution < -0.4 is 5.73 Å². The molecule has 0 fully saturated rings. The highest BCUT2D eigenvalue weighted by Crippen LogP contribution is 2.26. The van der Waals surface area contributed by atoms with Crippen molar-refractivity contribution in [3.05, 3.63) is 40.7 Å². The zero-order valence-corrected chi connectivity index (χ0v) is 16.7. The Hall–Kier alpha value is -2.08. The molecule has 0 radical (unpaired) electrons. The van der Waals surface area contributed by atoms with Gasteiger partial charge in [0.2, 0.25) is 0 Å². The largest absolute Gasteiger partial charge is 0.365 e. The summed E-state index contributed by atoms with van der Waals surface area (Å²) in [6, 6.07) is 4.63. The quantitative estimate of drug-likeness (QED) is 0.724. The van der Waals surface area contributed by atoms with Crippen molar-refractivity contribution in [3.63, 3.8) is 0 Å². The Bertz CT molecular complexity index is 723. The standard InChI is InChI=1S/C11H9FN2OS.C9H18O/c1-6-2-7(4-8(12)3-6)11-14-5-9(16-11)10(13)15;1-4-8(2)6-5-7-9(3)10/h2-5H,1H3,(H2,13,15);8H,4-7H2,1-3H3. The minimum absolute atomic E-state index is 0.314. The lowest BCUT2D eigenvalue weighted by atomic mass is 10.0. The lowest BCUT2D eigenvalue weighted by Gasteiger charge is -2.05. The molecular weight excluding hydrogens is 351 g/mol. The van der Waals surface area contributed by atoms with E-state index in [9.17, 15) is 14.0 Å². The Morgan fingerprint density at radius 2 is 2.00 bits per heavy atom. The molecule has 0 aliphatic heterocycles. The number of thiazole rings is 1. The van der Waals surface area contributed by atoms with Crippen LogP contribution in [0.25, 0.3) is 10.6 Å². The third-order valence-electron chi connectivity index (χ3n) is 3.96. The summed E-state index contributed by atoms with van der Waals surface area (Å²) in [5, 5.41) is 0.594. The normalized spacial score (nSPS) is 11.4. The number of rotatable bonds is 7. The summed E-state index contributed by atoms with van der Waals surface area (Å²) >= 11 is 1.16. The van der Waals surface area contributed by atoms with Crippen molar-refractivity contribution >= 4 is 23.0 Å². The first kappa shape index (κ1) is 22.0. The third-order valence-corrected chi connectivity index (χ3v) is 5.02. The number of primary amides is 1. The number of hydrogen-bond acceptors (Lipinski definition) is 4. The molecule has 0 saturated heterocycles. The van der Waals surface area contributed by atoms with Gasteiger partial charge in [-0.25, -0.2) is 9.37 Å². The number of nitrogens with two attached hydrogens (primary N) is 1. The second kappa shape index (κ2) is 10.8. The fourth-order valence-corrected chi connectivity index (χ4v) is 3.04. The first-order chi connectivity index (χ1) is 12.2. The summed E-state index contributed by atoms with van der Waals surface area (Å²) in [6.07, 6.45) is 5.69. The van der Waals surface area contributed by atoms with Gasteiger partial charge < -0.3 is 10.5 Å². The molecule has 1 aromatic heterocycles. The first-order valence-corrected chi connectivity index (χ1v) is 9.57. The molecule has 1 aromatic carbocycles. The van der Waals surface area contributed by atoms with Gasteiger partial charge >= 0.3 is 0 Å². The molecule has 2 N–H and O–H groups in total. The smallest absolute Gasteiger partial charge is 0.260 e. The number of amides is 1. The summed E-state index contributed by atoms with van der Waals surface area (Å²) in [5.41, 5.74) is 6.60. The Morgan fingerprint density at radius 3 is 2.50 bits per heavy atom. The zero-order valence-electron chi connectivity index (χ0n) is 15.8. The molecule has 1 unspecified atom stereocenters. The maximum atomic E-state index is 13.2. The van der Waals surface area contributed by atoms with Crippen LogP contribution in [-0.4, -0.2) is 16.7 Å². The lowest BCUT2D eigenvalue weighted by Crippen LogP contribution is -2.08. The molecule has 0 aliphatic rings. The molecule has 0 aliphatic carbocycles. The van der Waals surface area contributed by atoms with Crippen molar-refractivity contribution in [1.82, 2.24) is 4.98 Å². The Morgan fingerprint density at radius 1 is 1.31 bits per heavy atom. The van der Waals surface area contributed by atoms with Crippen molar-refractivity contribution in [2.24, 2.45) is 11.7 Å². The molecule has 1 heterocycles. The van der Waals surface area contributed by atoms with E-state index in [4.69, 9.17) is 5.73 Å². The molecular formula is C20H27FN2O2S. The van der Waals surface area contributed by atoms with Crippen LogP contribution in [0, 0.1) is 18.7 Å². The van der Waals surface area contributed by atoms with Crippen LogP contribution in [0.5, 0.6) is 0 Å². The van der Waals surface area contributed by atoms with E-state index < -0.39 is 5.91 Å². The van der Waals surface area contributed by atoms with E-state index in [0.717, 1.165) is 35.7 Å². The minimum atomic E-state index is -0.517. The Balaban J connectivity index is 0.000000294. The van der Waals surface area contributed by atoms with Crippen molar-refractivity contribution in [2.45, 2.75) is 53.4 Å². The number of aryl methyl sites for hydroxylation is 1. The van der Waals surface area contributed by atoms with E-state index in [1.54, 1.807) is 13.8 Å². The van der Waals surface area contributed by atoms with Crippen LogP contribution in [0.15, 0.2) is 24.4 Å². The summed E-state index contributed by atoms with van der Waals surface area (Å²) < 4.78 is 13.2. The van der Waals surface area contributed by atoms with E-state index in [0.29, 0.717) is 21.2 Å². The molecule has 2 rings (SSSR count). The van der Waals surface area contributed by atoms with E-state index in [1.807, 2.05) is 6.07 Å². The summed E-state index contributed by atoms with van der Waals surface area (Å²) in [6.45, 7) is 7.89. The second-order valence-electron chi connectivity index (χ2n) is 6.52. The maximum absolute atomic E-state index is 13.2. The van der Waals surface area contributed by atoms with E-state index in [-0.39, 0.29) is 5.82 Å². The highest BCUT2D eigenvalue weighted by molar-refractivity contribution is 7.16. The molecule has 1 amide bonds. The van der Waals surface area contributed by atoms with Gasteiger partial charge in [0.05, 0.1) is 6.20 Å². The van der Waals surface area contributed by atoms with E-state index in [2.05, 4.69) is 18.8 Å². The molecule has 0 saturated carbocycles. The van der Waals surface area contributed by atoms with Crippen LogP contribution in [-0.2, 0) is 4.79 Å². The van der Waals surface area contributed by atoms with Gasteiger partial charge in [-0.3, -0.25) is 4.79 Å². The number of Topliss-reactive ketones (excluding diaryl/α,β-unsaturated/α-hetero) is 1. The Kier molecular flexibility index (Phi) is 9.13. The fraction of sp³-hybridized carbons (Fsp3) is 0.450. The van der Waals surface area contributed by atoms with Gasteiger partial charge in [0.15, 0.2) is 0 Å². The Labute approximate surface area is 158 Å². The molecule has 4 nitrogen and oxygen atoms in total. The molecule has 1 atom stereocenters. The SMILES string of the molecule is CCC(C)CCCC(C)=O.Cc1cc(F)cc(-c2ncc(C(N)=O)s2)c1. The molecule has 142 valence electrons. The predicted octanol–water partition coefficient (Wildman–Crippen LogP) is 5.15. The number of benzene rings is 1. The van der Waals surface area contributed by atoms with Gasteiger partial charge in [-0.15, -0.1) is 11.3 Å². The first-order valence-electron chi connectivity index (χ1n) is 8.75. The third kappa shape index (κ3) is 7.87. The maximum Gasteiger partial charge on any atom is 0.260 e. The predicted molar refractivity (Wildman–Crippen MR) is 105 cm³/mol. The van der Waals surface area contributed by atoms with Gasteiger partial charge in [0, 0.05) is 12.0 Å². The number of halogens is 1. The van der Waals surface area contributed by atoms with E-state index in [1.165, 1.54) is 31.2 Å². The highest BCUT2D eigenvalue weighted by atomic mass is 32.1. The summed E-state index contributed by atoms with van der Waals surface area (Å²) in [7, 11) is 0. The topological polar surface area (TPSA) is 73.1 Å². The number of nitrogens with zero attached hydrogens (tertiary/aromatic N) is 1. The van der Waals surface area contributed by atoms with Crippen LogP contribution in [0.4, 0.5) is 4.39 Å². The molecule has 2 aromatic rings. The van der Waals surface area contributed by atoms with Crippen LogP contribution in [0.1, 0.15) is 61.7 Å².